The molecule has 1 saturated heterocycles. The Morgan fingerprint density at radius 2 is 1.84 bits per heavy atom. The second-order valence-corrected chi connectivity index (χ2v) is 8.01. The first-order valence-corrected chi connectivity index (χ1v) is 9.50. The number of aryl methyl sites for hydroxylation is 1. The molecule has 25 heavy (non-hydrogen) atoms. The number of carbonyl (C=O) groups excluding carboxylic acids is 1. The van der Waals surface area contributed by atoms with E-state index in [0.29, 0.717) is 13.1 Å². The number of hydrogen-bond donors (Lipinski definition) is 1. The first kappa shape index (κ1) is 17.6. The molecule has 5 nitrogen and oxygen atoms in total. The van der Waals surface area contributed by atoms with Gasteiger partial charge in [0.2, 0.25) is 10.0 Å². The zero-order chi connectivity index (χ0) is 18.0. The highest BCUT2D eigenvalue weighted by Gasteiger charge is 2.27. The Labute approximate surface area is 146 Å². The topological polar surface area (TPSA) is 66.5 Å². The zero-order valence-electron chi connectivity index (χ0n) is 13.8. The number of sulfonamides is 1. The van der Waals surface area contributed by atoms with Gasteiger partial charge < -0.3 is 5.32 Å². The molecule has 0 spiro atoms. The van der Waals surface area contributed by atoms with E-state index in [1.165, 1.54) is 40.7 Å². The highest BCUT2D eigenvalue weighted by atomic mass is 32.2. The Hall–Kier alpha value is -2.25. The van der Waals surface area contributed by atoms with Crippen LogP contribution in [0.2, 0.25) is 0 Å². The molecule has 1 aliphatic heterocycles. The third kappa shape index (κ3) is 3.72. The first-order chi connectivity index (χ1) is 11.9. The maximum Gasteiger partial charge on any atom is 0.255 e. The maximum atomic E-state index is 13.8. The normalized spacial score (nSPS) is 15.3. The third-order valence-electron chi connectivity index (χ3n) is 4.17. The summed E-state index contributed by atoms with van der Waals surface area (Å²) in [6.45, 7) is 2.78. The van der Waals surface area contributed by atoms with Gasteiger partial charge in [-0.2, -0.15) is 4.31 Å². The van der Waals surface area contributed by atoms with Crippen LogP contribution >= 0.6 is 0 Å². The summed E-state index contributed by atoms with van der Waals surface area (Å²) >= 11 is 0. The van der Waals surface area contributed by atoms with E-state index in [9.17, 15) is 17.6 Å². The molecule has 0 aliphatic carbocycles. The molecule has 0 atom stereocenters. The van der Waals surface area contributed by atoms with Gasteiger partial charge in [-0.15, -0.1) is 0 Å². The average Bonchev–Trinajstić information content (AvgIpc) is 3.13. The molecule has 2 aromatic rings. The van der Waals surface area contributed by atoms with Gasteiger partial charge in [-0.3, -0.25) is 4.79 Å². The van der Waals surface area contributed by atoms with Gasteiger partial charge in [0, 0.05) is 18.7 Å². The summed E-state index contributed by atoms with van der Waals surface area (Å²) in [7, 11) is -3.60. The zero-order valence-corrected chi connectivity index (χ0v) is 14.6. The van der Waals surface area contributed by atoms with Gasteiger partial charge in [-0.1, -0.05) is 12.1 Å². The molecule has 0 unspecified atom stereocenters. The monoisotopic (exact) mass is 362 g/mol. The van der Waals surface area contributed by atoms with E-state index in [1.807, 2.05) is 0 Å². The number of nitrogens with one attached hydrogen (secondary N) is 1. The predicted octanol–water partition coefficient (Wildman–Crippen LogP) is 3.17. The second kappa shape index (κ2) is 6.93. The average molecular weight is 362 g/mol. The molecular formula is C18H19FN2O3S. The van der Waals surface area contributed by atoms with Crippen molar-refractivity contribution in [1.82, 2.24) is 4.31 Å². The number of halogens is 1. The van der Waals surface area contributed by atoms with Crippen molar-refractivity contribution in [3.05, 3.63) is 59.4 Å². The number of hydrogen-bond acceptors (Lipinski definition) is 3. The van der Waals surface area contributed by atoms with E-state index in [-0.39, 0.29) is 16.1 Å². The van der Waals surface area contributed by atoms with Crippen LogP contribution in [0.25, 0.3) is 0 Å². The van der Waals surface area contributed by atoms with E-state index in [0.717, 1.165) is 18.4 Å². The molecule has 0 bridgehead atoms. The standard InChI is InChI=1S/C18H19FN2O3S/c1-13-7-8-16(19)17(11-13)20-18(22)14-5-4-6-15(12-14)25(23,24)21-9-2-3-10-21/h4-8,11-12H,2-3,9-10H2,1H3,(H,20,22). The Kier molecular flexibility index (Phi) is 4.87. The smallest absolute Gasteiger partial charge is 0.255 e. The minimum Gasteiger partial charge on any atom is -0.319 e. The van der Waals surface area contributed by atoms with Crippen molar-refractivity contribution in [2.75, 3.05) is 18.4 Å². The van der Waals surface area contributed by atoms with Crippen molar-refractivity contribution in [1.29, 1.82) is 0 Å². The summed E-state index contributed by atoms with van der Waals surface area (Å²) in [4.78, 5) is 12.5. The maximum absolute atomic E-state index is 13.8. The number of nitrogens with zero attached hydrogens (tertiary/aromatic N) is 1. The third-order valence-corrected chi connectivity index (χ3v) is 6.06. The van der Waals surface area contributed by atoms with E-state index in [1.54, 1.807) is 13.0 Å². The molecule has 0 aromatic heterocycles. The van der Waals surface area contributed by atoms with E-state index >= 15 is 0 Å². The van der Waals surface area contributed by atoms with Crippen molar-refractivity contribution in [2.45, 2.75) is 24.7 Å². The van der Waals surface area contributed by atoms with Crippen molar-refractivity contribution in [3.8, 4) is 0 Å². The summed E-state index contributed by atoms with van der Waals surface area (Å²) in [5, 5.41) is 2.49. The van der Waals surface area contributed by atoms with Crippen LogP contribution in [-0.2, 0) is 10.0 Å². The Balaban J connectivity index is 1.86. The lowest BCUT2D eigenvalue weighted by Gasteiger charge is -2.16. The van der Waals surface area contributed by atoms with Crippen LogP contribution in [0, 0.1) is 12.7 Å². The molecule has 0 radical (unpaired) electrons. The van der Waals surface area contributed by atoms with Crippen LogP contribution in [0.5, 0.6) is 0 Å². The Bertz CT molecular complexity index is 906. The second-order valence-electron chi connectivity index (χ2n) is 6.08. The molecule has 132 valence electrons. The lowest BCUT2D eigenvalue weighted by atomic mass is 10.2. The molecule has 1 fully saturated rings. The van der Waals surface area contributed by atoms with Gasteiger partial charge >= 0.3 is 0 Å². The molecule has 1 amide bonds. The lowest BCUT2D eigenvalue weighted by molar-refractivity contribution is 0.102. The molecular weight excluding hydrogens is 343 g/mol. The highest BCUT2D eigenvalue weighted by molar-refractivity contribution is 7.89. The molecule has 1 aliphatic rings. The van der Waals surface area contributed by atoms with Crippen molar-refractivity contribution >= 4 is 21.6 Å². The number of anilines is 1. The van der Waals surface area contributed by atoms with Crippen molar-refractivity contribution in [2.24, 2.45) is 0 Å². The van der Waals surface area contributed by atoms with E-state index < -0.39 is 21.7 Å². The highest BCUT2D eigenvalue weighted by Crippen LogP contribution is 2.22. The fourth-order valence-corrected chi connectivity index (χ4v) is 4.37. The van der Waals surface area contributed by atoms with E-state index in [4.69, 9.17) is 0 Å². The van der Waals surface area contributed by atoms with E-state index in [2.05, 4.69) is 5.32 Å². The van der Waals surface area contributed by atoms with Crippen LogP contribution in [0.15, 0.2) is 47.4 Å². The fraction of sp³-hybridized carbons (Fsp3) is 0.278. The minimum absolute atomic E-state index is 0.0674. The number of rotatable bonds is 4. The van der Waals surface area contributed by atoms with Crippen LogP contribution in [0.3, 0.4) is 0 Å². The number of carbonyl (C=O) groups is 1. The predicted molar refractivity (Wildman–Crippen MR) is 93.5 cm³/mol. The first-order valence-electron chi connectivity index (χ1n) is 8.05. The van der Waals surface area contributed by atoms with Crippen molar-refractivity contribution < 1.29 is 17.6 Å². The Morgan fingerprint density at radius 3 is 2.56 bits per heavy atom. The minimum atomic E-state index is -3.60. The van der Waals surface area contributed by atoms with Crippen molar-refractivity contribution in [3.63, 3.8) is 0 Å². The summed E-state index contributed by atoms with van der Waals surface area (Å²) in [6.07, 6.45) is 1.68. The fourth-order valence-electron chi connectivity index (χ4n) is 2.80. The molecule has 2 aromatic carbocycles. The van der Waals surface area contributed by atoms with Gasteiger partial charge in [0.15, 0.2) is 0 Å². The van der Waals surface area contributed by atoms with Gasteiger partial charge in [-0.25, -0.2) is 12.8 Å². The van der Waals surface area contributed by atoms with Gasteiger partial charge in [0.25, 0.3) is 5.91 Å². The summed E-state index contributed by atoms with van der Waals surface area (Å²) < 4.78 is 40.4. The SMILES string of the molecule is Cc1ccc(F)c(NC(=O)c2cccc(S(=O)(=O)N3CCCC3)c2)c1. The quantitative estimate of drug-likeness (QED) is 0.908. The van der Waals surface area contributed by atoms with Gasteiger partial charge in [0.05, 0.1) is 10.6 Å². The molecule has 7 heteroatoms. The number of benzene rings is 2. The molecule has 1 heterocycles. The van der Waals surface area contributed by atoms with Crippen LogP contribution in [0.1, 0.15) is 28.8 Å². The summed E-state index contributed by atoms with van der Waals surface area (Å²) in [5.41, 5.74) is 1.04. The number of amides is 1. The van der Waals surface area contributed by atoms with Crippen LogP contribution in [0.4, 0.5) is 10.1 Å². The van der Waals surface area contributed by atoms with Gasteiger partial charge in [-0.05, 0) is 55.7 Å². The largest absolute Gasteiger partial charge is 0.319 e. The molecule has 0 saturated carbocycles. The molecule has 3 rings (SSSR count). The summed E-state index contributed by atoms with van der Waals surface area (Å²) in [6, 6.07) is 10.2. The summed E-state index contributed by atoms with van der Waals surface area (Å²) in [5.74, 6) is -1.09. The van der Waals surface area contributed by atoms with Crippen LogP contribution < -0.4 is 5.32 Å². The lowest BCUT2D eigenvalue weighted by Crippen LogP contribution is -2.28. The molecule has 1 N–H and O–H groups in total. The van der Waals surface area contributed by atoms with Gasteiger partial charge in [0.1, 0.15) is 5.82 Å². The van der Waals surface area contributed by atoms with Crippen LogP contribution in [-0.4, -0.2) is 31.7 Å². The Morgan fingerprint density at radius 1 is 1.12 bits per heavy atom.